The number of fused-ring (bicyclic) bond motifs is 1. The summed E-state index contributed by atoms with van der Waals surface area (Å²) in [5, 5.41) is 8.73. The standard InChI is InChI=1S/C17H8F6N4O3/c18-8-1-4-10(5-2-8)27-14(16(19,20)21)13(25-26-27)15(28)24-9-3-6-11-12(7-9)30-17(22,23)29-11/h1-7H,(H,24,28). The summed E-state index contributed by atoms with van der Waals surface area (Å²) < 4.78 is 88.7. The van der Waals surface area contributed by atoms with Gasteiger partial charge in [-0.3, -0.25) is 4.79 Å². The van der Waals surface area contributed by atoms with Crippen molar-refractivity contribution in [2.75, 3.05) is 5.32 Å². The quantitative estimate of drug-likeness (QED) is 0.636. The summed E-state index contributed by atoms with van der Waals surface area (Å²) in [5.41, 5.74) is -2.90. The highest BCUT2D eigenvalue weighted by atomic mass is 19.4. The lowest BCUT2D eigenvalue weighted by Gasteiger charge is -2.11. The second kappa shape index (κ2) is 6.64. The Kier molecular flexibility index (Phi) is 4.33. The van der Waals surface area contributed by atoms with Crippen LogP contribution in [0.1, 0.15) is 16.2 Å². The van der Waals surface area contributed by atoms with Crippen LogP contribution in [0.2, 0.25) is 0 Å². The molecule has 1 N–H and O–H groups in total. The molecule has 13 heteroatoms. The Balaban J connectivity index is 1.66. The predicted molar refractivity (Wildman–Crippen MR) is 86.9 cm³/mol. The van der Waals surface area contributed by atoms with Gasteiger partial charge in [0.05, 0.1) is 5.69 Å². The lowest BCUT2D eigenvalue weighted by Crippen LogP contribution is -2.25. The Morgan fingerprint density at radius 3 is 2.37 bits per heavy atom. The summed E-state index contributed by atoms with van der Waals surface area (Å²) in [5.74, 6) is -2.71. The molecule has 0 fully saturated rings. The van der Waals surface area contributed by atoms with Gasteiger partial charge in [0.25, 0.3) is 5.91 Å². The van der Waals surface area contributed by atoms with Crippen molar-refractivity contribution in [1.82, 2.24) is 15.0 Å². The number of amides is 1. The first-order chi connectivity index (χ1) is 14.0. The van der Waals surface area contributed by atoms with Crippen LogP contribution in [0.15, 0.2) is 42.5 Å². The van der Waals surface area contributed by atoms with Crippen molar-refractivity contribution in [1.29, 1.82) is 0 Å². The van der Waals surface area contributed by atoms with Gasteiger partial charge in [-0.25, -0.2) is 9.07 Å². The molecule has 1 aliphatic rings. The first-order valence-corrected chi connectivity index (χ1v) is 8.03. The molecule has 4 rings (SSSR count). The van der Waals surface area contributed by atoms with Crippen LogP contribution < -0.4 is 14.8 Å². The summed E-state index contributed by atoms with van der Waals surface area (Å²) >= 11 is 0. The maximum atomic E-state index is 13.6. The van der Waals surface area contributed by atoms with Crippen LogP contribution in [0.25, 0.3) is 5.69 Å². The molecule has 1 amide bonds. The number of aromatic nitrogens is 3. The molecule has 2 heterocycles. The first-order valence-electron chi connectivity index (χ1n) is 8.03. The van der Waals surface area contributed by atoms with Crippen LogP contribution in [-0.4, -0.2) is 27.2 Å². The van der Waals surface area contributed by atoms with Crippen LogP contribution in [-0.2, 0) is 6.18 Å². The molecule has 30 heavy (non-hydrogen) atoms. The summed E-state index contributed by atoms with van der Waals surface area (Å²) in [6, 6.07) is 7.01. The van der Waals surface area contributed by atoms with Crippen molar-refractivity contribution in [3.05, 3.63) is 59.7 Å². The number of halogens is 6. The number of nitrogens with one attached hydrogen (secondary N) is 1. The van der Waals surface area contributed by atoms with Gasteiger partial charge in [0.2, 0.25) is 0 Å². The molecular weight excluding hydrogens is 422 g/mol. The SMILES string of the molecule is O=C(Nc1ccc2c(c1)OC(F)(F)O2)c1nnn(-c2ccc(F)cc2)c1C(F)(F)F. The highest BCUT2D eigenvalue weighted by molar-refractivity contribution is 6.04. The number of carbonyl (C=O) groups is 1. The van der Waals surface area contributed by atoms with E-state index in [2.05, 4.69) is 25.1 Å². The molecule has 0 atom stereocenters. The van der Waals surface area contributed by atoms with Gasteiger partial charge >= 0.3 is 12.5 Å². The molecule has 156 valence electrons. The number of anilines is 1. The number of ether oxygens (including phenoxy) is 2. The molecule has 0 spiro atoms. The molecule has 0 bridgehead atoms. The average Bonchev–Trinajstić information content (AvgIpc) is 3.21. The highest BCUT2D eigenvalue weighted by Crippen LogP contribution is 2.42. The van der Waals surface area contributed by atoms with Crippen molar-refractivity contribution in [3.63, 3.8) is 0 Å². The molecule has 1 aromatic heterocycles. The third kappa shape index (κ3) is 3.60. The normalized spacial score (nSPS) is 14.6. The Hall–Kier alpha value is -3.77. The van der Waals surface area contributed by atoms with E-state index in [0.29, 0.717) is 4.68 Å². The van der Waals surface area contributed by atoms with Crippen molar-refractivity contribution >= 4 is 11.6 Å². The van der Waals surface area contributed by atoms with Crippen LogP contribution in [0.5, 0.6) is 11.5 Å². The number of rotatable bonds is 3. The number of carbonyl (C=O) groups excluding carboxylic acids is 1. The summed E-state index contributed by atoms with van der Waals surface area (Å²) in [6.07, 6.45) is -8.94. The van der Waals surface area contributed by atoms with Gasteiger partial charge in [-0.05, 0) is 36.4 Å². The zero-order chi connectivity index (χ0) is 21.7. The minimum Gasteiger partial charge on any atom is -0.395 e. The summed E-state index contributed by atoms with van der Waals surface area (Å²) in [4.78, 5) is 12.4. The van der Waals surface area contributed by atoms with Crippen LogP contribution >= 0.6 is 0 Å². The zero-order valence-electron chi connectivity index (χ0n) is 14.4. The topological polar surface area (TPSA) is 78.3 Å². The molecule has 0 aliphatic carbocycles. The van der Waals surface area contributed by atoms with E-state index < -0.39 is 41.3 Å². The van der Waals surface area contributed by atoms with E-state index in [9.17, 15) is 31.1 Å². The number of nitrogens with zero attached hydrogens (tertiary/aromatic N) is 3. The van der Waals surface area contributed by atoms with E-state index in [-0.39, 0.29) is 17.1 Å². The lowest BCUT2D eigenvalue weighted by molar-refractivity contribution is -0.286. The molecule has 0 unspecified atom stereocenters. The Morgan fingerprint density at radius 2 is 1.70 bits per heavy atom. The fourth-order valence-electron chi connectivity index (χ4n) is 2.67. The van der Waals surface area contributed by atoms with E-state index >= 15 is 0 Å². The predicted octanol–water partition coefficient (Wildman–Crippen LogP) is 4.00. The third-order valence-electron chi connectivity index (χ3n) is 3.88. The van der Waals surface area contributed by atoms with Crippen molar-refractivity contribution in [3.8, 4) is 17.2 Å². The minimum atomic E-state index is -5.04. The number of hydrogen-bond donors (Lipinski definition) is 1. The average molecular weight is 430 g/mol. The van der Waals surface area contributed by atoms with Gasteiger partial charge in [0.15, 0.2) is 22.9 Å². The molecular formula is C17H8F6N4O3. The molecule has 2 aromatic carbocycles. The van der Waals surface area contributed by atoms with E-state index in [1.807, 2.05) is 0 Å². The fraction of sp³-hybridized carbons (Fsp3) is 0.118. The van der Waals surface area contributed by atoms with Gasteiger partial charge in [-0.2, -0.15) is 13.2 Å². The van der Waals surface area contributed by atoms with Gasteiger partial charge in [0, 0.05) is 11.8 Å². The van der Waals surface area contributed by atoms with E-state index in [0.717, 1.165) is 42.5 Å². The van der Waals surface area contributed by atoms with Crippen LogP contribution in [0, 0.1) is 5.82 Å². The molecule has 0 saturated carbocycles. The molecule has 0 radical (unpaired) electrons. The number of hydrogen-bond acceptors (Lipinski definition) is 5. The maximum absolute atomic E-state index is 13.6. The zero-order valence-corrected chi connectivity index (χ0v) is 14.4. The van der Waals surface area contributed by atoms with Crippen molar-refractivity contribution in [2.45, 2.75) is 12.5 Å². The van der Waals surface area contributed by atoms with E-state index in [1.165, 1.54) is 0 Å². The molecule has 7 nitrogen and oxygen atoms in total. The summed E-state index contributed by atoms with van der Waals surface area (Å²) in [6.45, 7) is 0. The maximum Gasteiger partial charge on any atom is 0.586 e. The smallest absolute Gasteiger partial charge is 0.395 e. The van der Waals surface area contributed by atoms with Gasteiger partial charge in [0.1, 0.15) is 5.82 Å². The van der Waals surface area contributed by atoms with E-state index in [4.69, 9.17) is 0 Å². The first kappa shape index (κ1) is 19.5. The van der Waals surface area contributed by atoms with Crippen molar-refractivity contribution in [2.24, 2.45) is 0 Å². The van der Waals surface area contributed by atoms with E-state index in [1.54, 1.807) is 0 Å². The molecule has 1 aliphatic heterocycles. The Labute approximate surface area is 162 Å². The monoisotopic (exact) mass is 430 g/mol. The second-order valence-corrected chi connectivity index (χ2v) is 5.96. The lowest BCUT2D eigenvalue weighted by atomic mass is 10.2. The van der Waals surface area contributed by atoms with Crippen molar-refractivity contribution < 1.29 is 40.6 Å². The third-order valence-corrected chi connectivity index (χ3v) is 3.88. The van der Waals surface area contributed by atoms with Gasteiger partial charge in [-0.1, -0.05) is 5.21 Å². The second-order valence-electron chi connectivity index (χ2n) is 5.96. The fourth-order valence-corrected chi connectivity index (χ4v) is 2.67. The number of alkyl halides is 5. The minimum absolute atomic E-state index is 0.149. The summed E-state index contributed by atoms with van der Waals surface area (Å²) in [7, 11) is 0. The molecule has 3 aromatic rings. The van der Waals surface area contributed by atoms with Gasteiger partial charge in [-0.15, -0.1) is 13.9 Å². The highest BCUT2D eigenvalue weighted by Gasteiger charge is 2.44. The van der Waals surface area contributed by atoms with Crippen LogP contribution in [0.3, 0.4) is 0 Å². The van der Waals surface area contributed by atoms with Gasteiger partial charge < -0.3 is 14.8 Å². The Bertz CT molecular complexity index is 1130. The Morgan fingerprint density at radius 1 is 1.03 bits per heavy atom. The largest absolute Gasteiger partial charge is 0.586 e. The molecule has 0 saturated heterocycles. The van der Waals surface area contributed by atoms with Crippen LogP contribution in [0.4, 0.5) is 32.0 Å². The number of benzene rings is 2.